The van der Waals surface area contributed by atoms with Gasteiger partial charge in [0.25, 0.3) is 5.69 Å². The number of nitro benzene ring substituents is 1. The Labute approximate surface area is 138 Å². The van der Waals surface area contributed by atoms with Gasteiger partial charge in [0.2, 0.25) is 0 Å². The first-order chi connectivity index (χ1) is 11.4. The van der Waals surface area contributed by atoms with Gasteiger partial charge in [-0.05, 0) is 44.7 Å². The zero-order chi connectivity index (χ0) is 17.3. The Morgan fingerprint density at radius 2 is 2.00 bits per heavy atom. The fraction of sp³-hybridized carbons (Fsp3) is 0.412. The van der Waals surface area contributed by atoms with Crippen molar-refractivity contribution in [1.82, 2.24) is 4.98 Å². The molecule has 1 aliphatic carbocycles. The molecule has 126 valence electrons. The molecule has 7 nitrogen and oxygen atoms in total. The lowest BCUT2D eigenvalue weighted by atomic mass is 9.86. The van der Waals surface area contributed by atoms with Gasteiger partial charge in [-0.3, -0.25) is 19.9 Å². The average molecular weight is 329 g/mol. The number of rotatable bonds is 4. The summed E-state index contributed by atoms with van der Waals surface area (Å²) in [7, 11) is 0. The van der Waals surface area contributed by atoms with Crippen LogP contribution in [0, 0.1) is 23.0 Å². The number of hydrogen-bond donors (Lipinski definition) is 2. The third-order valence-electron chi connectivity index (χ3n) is 4.57. The molecule has 0 radical (unpaired) electrons. The van der Waals surface area contributed by atoms with Crippen LogP contribution < -0.4 is 5.32 Å². The van der Waals surface area contributed by atoms with Gasteiger partial charge < -0.3 is 10.4 Å². The number of carboxylic acid groups (broad SMARTS) is 1. The quantitative estimate of drug-likeness (QED) is 0.657. The number of anilines is 1. The largest absolute Gasteiger partial charge is 0.481 e. The highest BCUT2D eigenvalue weighted by molar-refractivity contribution is 5.93. The second-order valence-corrected chi connectivity index (χ2v) is 6.30. The molecule has 1 aliphatic rings. The summed E-state index contributed by atoms with van der Waals surface area (Å²) in [6, 6.07) is 6.70. The summed E-state index contributed by atoms with van der Waals surface area (Å²) in [4.78, 5) is 26.1. The molecule has 1 saturated carbocycles. The lowest BCUT2D eigenvalue weighted by Crippen LogP contribution is -2.29. The molecule has 7 heteroatoms. The molecule has 0 saturated heterocycles. The van der Waals surface area contributed by atoms with Gasteiger partial charge in [-0.1, -0.05) is 0 Å². The molecule has 0 amide bonds. The third-order valence-corrected chi connectivity index (χ3v) is 4.57. The van der Waals surface area contributed by atoms with Gasteiger partial charge in [0.05, 0.1) is 16.4 Å². The van der Waals surface area contributed by atoms with E-state index in [0.29, 0.717) is 18.4 Å². The lowest BCUT2D eigenvalue weighted by Gasteiger charge is -2.28. The van der Waals surface area contributed by atoms with E-state index >= 15 is 0 Å². The first-order valence-corrected chi connectivity index (χ1v) is 7.99. The van der Waals surface area contributed by atoms with Gasteiger partial charge in [0.1, 0.15) is 0 Å². The van der Waals surface area contributed by atoms with E-state index in [-0.39, 0.29) is 17.6 Å². The van der Waals surface area contributed by atoms with E-state index < -0.39 is 10.9 Å². The van der Waals surface area contributed by atoms with Gasteiger partial charge in [0.15, 0.2) is 0 Å². The predicted octanol–water partition coefficient (Wildman–Crippen LogP) is 3.51. The molecule has 2 aromatic rings. The number of aliphatic carboxylic acids is 1. The van der Waals surface area contributed by atoms with Crippen molar-refractivity contribution in [1.29, 1.82) is 0 Å². The number of non-ortho nitro benzene ring substituents is 1. The molecule has 0 aliphatic heterocycles. The standard InChI is InChI=1S/C17H19N3O4/c1-10-8-16(19-12-4-2-11(3-5-12)17(21)22)14-9-13(20(23)24)6-7-15(14)18-10/h6-9,11-12H,2-5H2,1H3,(H,18,19)(H,21,22). The highest BCUT2D eigenvalue weighted by atomic mass is 16.6. The summed E-state index contributed by atoms with van der Waals surface area (Å²) in [6.07, 6.45) is 2.84. The van der Waals surface area contributed by atoms with Crippen LogP contribution in [0.15, 0.2) is 24.3 Å². The van der Waals surface area contributed by atoms with Gasteiger partial charge >= 0.3 is 5.97 Å². The highest BCUT2D eigenvalue weighted by Gasteiger charge is 2.26. The molecule has 1 fully saturated rings. The van der Waals surface area contributed by atoms with Crippen molar-refractivity contribution in [3.8, 4) is 0 Å². The van der Waals surface area contributed by atoms with Crippen molar-refractivity contribution in [2.24, 2.45) is 5.92 Å². The number of nitrogens with zero attached hydrogens (tertiary/aromatic N) is 2. The Morgan fingerprint density at radius 3 is 2.62 bits per heavy atom. The number of fused-ring (bicyclic) bond motifs is 1. The molecule has 3 rings (SSSR count). The van der Waals surface area contributed by atoms with E-state index in [9.17, 15) is 14.9 Å². The fourth-order valence-corrected chi connectivity index (χ4v) is 3.28. The van der Waals surface area contributed by atoms with Crippen molar-refractivity contribution < 1.29 is 14.8 Å². The number of nitro groups is 1. The summed E-state index contributed by atoms with van der Waals surface area (Å²) in [5, 5.41) is 24.3. The summed E-state index contributed by atoms with van der Waals surface area (Å²) in [6.45, 7) is 1.88. The summed E-state index contributed by atoms with van der Waals surface area (Å²) < 4.78 is 0. The number of nitrogens with one attached hydrogen (secondary N) is 1. The Balaban J connectivity index is 1.87. The predicted molar refractivity (Wildman–Crippen MR) is 90.1 cm³/mol. The zero-order valence-electron chi connectivity index (χ0n) is 13.4. The fourth-order valence-electron chi connectivity index (χ4n) is 3.28. The van der Waals surface area contributed by atoms with E-state index in [0.717, 1.165) is 29.6 Å². The molecular formula is C17H19N3O4. The van der Waals surface area contributed by atoms with Crippen LogP contribution in [-0.4, -0.2) is 27.0 Å². The Morgan fingerprint density at radius 1 is 1.29 bits per heavy atom. The number of benzene rings is 1. The number of carbonyl (C=O) groups is 1. The van der Waals surface area contributed by atoms with E-state index in [2.05, 4.69) is 10.3 Å². The smallest absolute Gasteiger partial charge is 0.306 e. The highest BCUT2D eigenvalue weighted by Crippen LogP contribution is 2.31. The van der Waals surface area contributed by atoms with Crippen molar-refractivity contribution in [3.05, 3.63) is 40.1 Å². The van der Waals surface area contributed by atoms with Crippen LogP contribution in [0.4, 0.5) is 11.4 Å². The Hall–Kier alpha value is -2.70. The van der Waals surface area contributed by atoms with Crippen molar-refractivity contribution in [2.75, 3.05) is 5.32 Å². The SMILES string of the molecule is Cc1cc(NC2CCC(C(=O)O)CC2)c2cc([N+](=O)[O-])ccc2n1. The zero-order valence-corrected chi connectivity index (χ0v) is 13.4. The van der Waals surface area contributed by atoms with E-state index in [4.69, 9.17) is 5.11 Å². The number of carboxylic acids is 1. The number of pyridine rings is 1. The molecule has 1 aromatic heterocycles. The van der Waals surface area contributed by atoms with Crippen LogP contribution in [0.2, 0.25) is 0 Å². The van der Waals surface area contributed by atoms with E-state index in [1.807, 2.05) is 13.0 Å². The molecule has 0 unspecified atom stereocenters. The van der Waals surface area contributed by atoms with Gasteiger partial charge in [-0.25, -0.2) is 0 Å². The maximum absolute atomic E-state index is 11.0. The molecule has 0 spiro atoms. The molecule has 24 heavy (non-hydrogen) atoms. The van der Waals surface area contributed by atoms with Crippen molar-refractivity contribution in [2.45, 2.75) is 38.6 Å². The van der Waals surface area contributed by atoms with E-state index in [1.54, 1.807) is 6.07 Å². The molecule has 0 bridgehead atoms. The van der Waals surface area contributed by atoms with Crippen molar-refractivity contribution in [3.63, 3.8) is 0 Å². The maximum Gasteiger partial charge on any atom is 0.306 e. The van der Waals surface area contributed by atoms with Crippen LogP contribution in [0.25, 0.3) is 10.9 Å². The normalized spacial score (nSPS) is 20.7. The minimum Gasteiger partial charge on any atom is -0.481 e. The number of hydrogen-bond acceptors (Lipinski definition) is 5. The third kappa shape index (κ3) is 3.29. The summed E-state index contributed by atoms with van der Waals surface area (Å²) in [5.74, 6) is -0.991. The van der Waals surface area contributed by atoms with Gasteiger partial charge in [0, 0.05) is 34.9 Å². The molecule has 0 atom stereocenters. The maximum atomic E-state index is 11.0. The van der Waals surface area contributed by atoms with Crippen molar-refractivity contribution >= 4 is 28.2 Å². The molecule has 1 heterocycles. The van der Waals surface area contributed by atoms with Gasteiger partial charge in [-0.2, -0.15) is 0 Å². The molecule has 1 aromatic carbocycles. The topological polar surface area (TPSA) is 105 Å². The molecule has 2 N–H and O–H groups in total. The second-order valence-electron chi connectivity index (χ2n) is 6.30. The number of aryl methyl sites for hydroxylation is 1. The minimum atomic E-state index is -0.728. The number of aromatic nitrogens is 1. The summed E-state index contributed by atoms with van der Waals surface area (Å²) >= 11 is 0. The second kappa shape index (κ2) is 6.43. The first-order valence-electron chi connectivity index (χ1n) is 7.99. The monoisotopic (exact) mass is 329 g/mol. The van der Waals surface area contributed by atoms with Crippen LogP contribution in [0.3, 0.4) is 0 Å². The molecular weight excluding hydrogens is 310 g/mol. The first kappa shape index (κ1) is 16.2. The van der Waals surface area contributed by atoms with Crippen LogP contribution in [0.1, 0.15) is 31.4 Å². The van der Waals surface area contributed by atoms with Gasteiger partial charge in [-0.15, -0.1) is 0 Å². The van der Waals surface area contributed by atoms with Crippen LogP contribution in [-0.2, 0) is 4.79 Å². The van der Waals surface area contributed by atoms with E-state index in [1.165, 1.54) is 12.1 Å². The average Bonchev–Trinajstić information content (AvgIpc) is 2.54. The Kier molecular flexibility index (Phi) is 4.33. The minimum absolute atomic E-state index is 0.0331. The van der Waals surface area contributed by atoms with Crippen LogP contribution in [0.5, 0.6) is 0 Å². The van der Waals surface area contributed by atoms with Crippen LogP contribution >= 0.6 is 0 Å². The lowest BCUT2D eigenvalue weighted by molar-refractivity contribution is -0.384. The summed E-state index contributed by atoms with van der Waals surface area (Å²) in [5.41, 5.74) is 2.39. The Bertz CT molecular complexity index is 798.